The fraction of sp³-hybridized carbons (Fsp3) is 0.200. The van der Waals surface area contributed by atoms with Crippen LogP contribution in [0.25, 0.3) is 11.1 Å². The Labute approximate surface area is 195 Å². The van der Waals surface area contributed by atoms with E-state index in [2.05, 4.69) is 115 Å². The number of nitrogens with two attached hydrogens (primary N) is 1. The molecular formula is C30H29N3. The summed E-state index contributed by atoms with van der Waals surface area (Å²) < 4.78 is 0. The van der Waals surface area contributed by atoms with Crippen LogP contribution in [-0.2, 0) is 5.54 Å². The molecule has 6 rings (SSSR count). The summed E-state index contributed by atoms with van der Waals surface area (Å²) in [5.74, 6) is 0.984. The van der Waals surface area contributed by atoms with Gasteiger partial charge in [0.05, 0.1) is 11.7 Å². The summed E-state index contributed by atoms with van der Waals surface area (Å²) in [6, 6.07) is 39.0. The van der Waals surface area contributed by atoms with Crippen molar-refractivity contribution in [3.05, 3.63) is 126 Å². The Hall–Kier alpha value is -3.40. The van der Waals surface area contributed by atoms with Gasteiger partial charge in [-0.1, -0.05) is 97.9 Å². The first-order chi connectivity index (χ1) is 16.2. The minimum atomic E-state index is -0.0368. The van der Waals surface area contributed by atoms with E-state index in [0.717, 1.165) is 11.3 Å². The van der Waals surface area contributed by atoms with Crippen LogP contribution in [0.1, 0.15) is 35.8 Å². The van der Waals surface area contributed by atoms with Crippen LogP contribution in [0.5, 0.6) is 0 Å². The molecule has 4 N–H and O–H groups in total. The molecule has 1 heterocycles. The van der Waals surface area contributed by atoms with Crippen molar-refractivity contribution in [3.63, 3.8) is 0 Å². The van der Waals surface area contributed by atoms with Gasteiger partial charge in [0.2, 0.25) is 0 Å². The van der Waals surface area contributed by atoms with E-state index < -0.39 is 0 Å². The van der Waals surface area contributed by atoms with Crippen molar-refractivity contribution in [2.24, 2.45) is 11.8 Å². The zero-order chi connectivity index (χ0) is 22.4. The summed E-state index contributed by atoms with van der Waals surface area (Å²) >= 11 is 0. The molecule has 0 bridgehead atoms. The van der Waals surface area contributed by atoms with E-state index in [0.29, 0.717) is 11.8 Å². The molecule has 0 radical (unpaired) electrons. The summed E-state index contributed by atoms with van der Waals surface area (Å²) in [6.45, 7) is 2.38. The minimum Gasteiger partial charge on any atom is -0.399 e. The molecule has 1 saturated carbocycles. The lowest BCUT2D eigenvalue weighted by Crippen LogP contribution is -2.49. The van der Waals surface area contributed by atoms with Crippen molar-refractivity contribution in [2.45, 2.75) is 24.7 Å². The summed E-state index contributed by atoms with van der Waals surface area (Å²) in [6.07, 6.45) is 0.0774. The molecule has 4 aromatic rings. The quantitative estimate of drug-likeness (QED) is 0.346. The Kier molecular flexibility index (Phi) is 4.83. The Morgan fingerprint density at radius 1 is 0.697 bits per heavy atom. The zero-order valence-electron chi connectivity index (χ0n) is 18.8. The smallest absolute Gasteiger partial charge is 0.0847 e. The van der Waals surface area contributed by atoms with Gasteiger partial charge in [0.1, 0.15) is 0 Å². The van der Waals surface area contributed by atoms with E-state index in [1.807, 2.05) is 12.1 Å². The van der Waals surface area contributed by atoms with Crippen molar-refractivity contribution in [1.82, 2.24) is 10.6 Å². The van der Waals surface area contributed by atoms with Crippen LogP contribution >= 0.6 is 0 Å². The van der Waals surface area contributed by atoms with Crippen LogP contribution in [0.3, 0.4) is 0 Å². The first-order valence-corrected chi connectivity index (χ1v) is 11.8. The maximum Gasteiger partial charge on any atom is 0.0847 e. The lowest BCUT2D eigenvalue weighted by Gasteiger charge is -2.38. The number of rotatable bonds is 4. The van der Waals surface area contributed by atoms with Crippen LogP contribution < -0.4 is 16.4 Å². The van der Waals surface area contributed by atoms with Crippen molar-refractivity contribution < 1.29 is 0 Å². The number of nitrogens with one attached hydrogen (secondary N) is 2. The van der Waals surface area contributed by atoms with Crippen molar-refractivity contribution >= 4 is 5.69 Å². The van der Waals surface area contributed by atoms with Crippen LogP contribution in [0.2, 0.25) is 0 Å². The Balaban J connectivity index is 1.43. The number of anilines is 1. The molecule has 5 unspecified atom stereocenters. The standard InChI is InChI=1S/C30H29N3/c1-20-27-28(24-14-8-12-22(18-24)23-13-9-17-26(31)19-23)32-29(21-10-4-2-5-11-21)33-30(20,27)25-15-6-3-7-16-25/h2-20,27-29,32-33H,31H2,1H3. The highest BCUT2D eigenvalue weighted by Crippen LogP contribution is 2.65. The summed E-state index contributed by atoms with van der Waals surface area (Å²) in [5.41, 5.74) is 13.2. The van der Waals surface area contributed by atoms with Gasteiger partial charge in [-0.2, -0.15) is 0 Å². The molecule has 1 aliphatic heterocycles. The second kappa shape index (κ2) is 7.87. The van der Waals surface area contributed by atoms with Crippen LogP contribution in [-0.4, -0.2) is 0 Å². The van der Waals surface area contributed by atoms with E-state index in [4.69, 9.17) is 5.73 Å². The molecule has 3 heteroatoms. The molecule has 4 aromatic carbocycles. The first kappa shape index (κ1) is 20.2. The number of hydrogen-bond donors (Lipinski definition) is 3. The Morgan fingerprint density at radius 2 is 1.33 bits per heavy atom. The fourth-order valence-electron chi connectivity index (χ4n) is 5.95. The second-order valence-electron chi connectivity index (χ2n) is 9.43. The van der Waals surface area contributed by atoms with E-state index in [9.17, 15) is 0 Å². The average Bonchev–Trinajstić information content (AvgIpc) is 3.50. The average molecular weight is 432 g/mol. The zero-order valence-corrected chi connectivity index (χ0v) is 18.8. The number of nitrogen functional groups attached to an aromatic ring is 1. The highest BCUT2D eigenvalue weighted by molar-refractivity contribution is 5.68. The molecule has 164 valence electrons. The van der Waals surface area contributed by atoms with E-state index >= 15 is 0 Å². The molecule has 1 aliphatic carbocycles. The van der Waals surface area contributed by atoms with Crippen LogP contribution in [0.4, 0.5) is 5.69 Å². The summed E-state index contributed by atoms with van der Waals surface area (Å²) in [4.78, 5) is 0. The van der Waals surface area contributed by atoms with Crippen molar-refractivity contribution in [3.8, 4) is 11.1 Å². The molecule has 0 amide bonds. The third kappa shape index (κ3) is 3.36. The van der Waals surface area contributed by atoms with Gasteiger partial charge in [-0.05, 0) is 51.9 Å². The third-order valence-electron chi connectivity index (χ3n) is 7.61. The van der Waals surface area contributed by atoms with E-state index in [1.54, 1.807) is 0 Å². The second-order valence-corrected chi connectivity index (χ2v) is 9.43. The molecule has 2 fully saturated rings. The van der Waals surface area contributed by atoms with E-state index in [-0.39, 0.29) is 17.7 Å². The third-order valence-corrected chi connectivity index (χ3v) is 7.61. The lowest BCUT2D eigenvalue weighted by atomic mass is 9.89. The van der Waals surface area contributed by atoms with Gasteiger partial charge in [-0.15, -0.1) is 0 Å². The van der Waals surface area contributed by atoms with Gasteiger partial charge in [0.15, 0.2) is 0 Å². The number of benzene rings is 4. The van der Waals surface area contributed by atoms with Gasteiger partial charge in [0.25, 0.3) is 0 Å². The monoisotopic (exact) mass is 431 g/mol. The van der Waals surface area contributed by atoms with Gasteiger partial charge in [0, 0.05) is 17.6 Å². The SMILES string of the molecule is CC1C2C(c3cccc(-c4cccc(N)c4)c3)NC(c3ccccc3)NC12c1ccccc1. The predicted octanol–water partition coefficient (Wildman–Crippen LogP) is 6.03. The minimum absolute atomic E-state index is 0.0368. The number of fused-ring (bicyclic) bond motifs is 1. The maximum absolute atomic E-state index is 6.07. The Bertz CT molecular complexity index is 1270. The first-order valence-electron chi connectivity index (χ1n) is 11.8. The maximum atomic E-state index is 6.07. The number of hydrogen-bond acceptors (Lipinski definition) is 3. The topological polar surface area (TPSA) is 50.1 Å². The lowest BCUT2D eigenvalue weighted by molar-refractivity contribution is 0.237. The molecule has 3 nitrogen and oxygen atoms in total. The van der Waals surface area contributed by atoms with Crippen LogP contribution in [0, 0.1) is 11.8 Å². The van der Waals surface area contributed by atoms with Crippen molar-refractivity contribution in [2.75, 3.05) is 5.73 Å². The van der Waals surface area contributed by atoms with Gasteiger partial charge in [-0.3, -0.25) is 10.6 Å². The van der Waals surface area contributed by atoms with E-state index in [1.165, 1.54) is 22.3 Å². The summed E-state index contributed by atoms with van der Waals surface area (Å²) in [5, 5.41) is 7.97. The molecule has 5 atom stereocenters. The van der Waals surface area contributed by atoms with Gasteiger partial charge >= 0.3 is 0 Å². The van der Waals surface area contributed by atoms with Gasteiger partial charge < -0.3 is 5.73 Å². The predicted molar refractivity (Wildman–Crippen MR) is 135 cm³/mol. The Morgan fingerprint density at radius 3 is 2.06 bits per heavy atom. The highest BCUT2D eigenvalue weighted by atomic mass is 15.3. The largest absolute Gasteiger partial charge is 0.399 e. The fourth-order valence-corrected chi connectivity index (χ4v) is 5.95. The van der Waals surface area contributed by atoms with Gasteiger partial charge in [-0.25, -0.2) is 0 Å². The normalized spacial score (nSPS) is 28.2. The molecule has 33 heavy (non-hydrogen) atoms. The molecule has 0 aromatic heterocycles. The highest BCUT2D eigenvalue weighted by Gasteiger charge is 2.68. The van der Waals surface area contributed by atoms with Crippen LogP contribution in [0.15, 0.2) is 109 Å². The summed E-state index contributed by atoms with van der Waals surface area (Å²) in [7, 11) is 0. The molecular weight excluding hydrogens is 402 g/mol. The molecule has 0 spiro atoms. The molecule has 2 aliphatic rings. The molecule has 1 saturated heterocycles. The van der Waals surface area contributed by atoms with Crippen molar-refractivity contribution in [1.29, 1.82) is 0 Å².